The molecular formula is C8H16FI. The van der Waals surface area contributed by atoms with Gasteiger partial charge in [0.25, 0.3) is 0 Å². The molecule has 0 radical (unpaired) electrons. The summed E-state index contributed by atoms with van der Waals surface area (Å²) < 4.78 is 13.5. The van der Waals surface area contributed by atoms with Gasteiger partial charge in [0.05, 0.1) is 0 Å². The molecule has 0 saturated heterocycles. The van der Waals surface area contributed by atoms with Crippen molar-refractivity contribution in [1.82, 2.24) is 0 Å². The van der Waals surface area contributed by atoms with Crippen molar-refractivity contribution < 1.29 is 4.39 Å². The van der Waals surface area contributed by atoms with Crippen molar-refractivity contribution in [2.75, 3.05) is 0 Å². The van der Waals surface area contributed by atoms with Crippen LogP contribution in [-0.4, -0.2) is 9.59 Å². The van der Waals surface area contributed by atoms with Crippen LogP contribution in [0.5, 0.6) is 0 Å². The lowest BCUT2D eigenvalue weighted by atomic mass is 10.0. The normalized spacial score (nSPS) is 15.3. The van der Waals surface area contributed by atoms with E-state index in [0.717, 1.165) is 12.8 Å². The van der Waals surface area contributed by atoms with Crippen molar-refractivity contribution in [1.29, 1.82) is 0 Å². The summed E-state index contributed by atoms with van der Waals surface area (Å²) >= 11 is 2.37. The van der Waals surface area contributed by atoms with Crippen LogP contribution in [-0.2, 0) is 0 Å². The summed E-state index contributed by atoms with van der Waals surface area (Å²) in [5.41, 5.74) is -0.967. The van der Waals surface area contributed by atoms with Crippen LogP contribution < -0.4 is 0 Å². The zero-order chi connectivity index (χ0) is 8.20. The van der Waals surface area contributed by atoms with Gasteiger partial charge in [-0.1, -0.05) is 29.5 Å². The first-order valence-electron chi connectivity index (χ1n) is 3.75. The van der Waals surface area contributed by atoms with E-state index in [-0.39, 0.29) is 0 Å². The average molecular weight is 258 g/mol. The Morgan fingerprint density at radius 2 is 2.00 bits per heavy atom. The van der Waals surface area contributed by atoms with Gasteiger partial charge in [0.15, 0.2) is 0 Å². The molecule has 0 aromatic rings. The predicted molar refractivity (Wildman–Crippen MR) is 52.5 cm³/mol. The number of alkyl halides is 2. The lowest BCUT2D eigenvalue weighted by Gasteiger charge is -2.13. The maximum atomic E-state index is 12.8. The zero-order valence-electron chi connectivity index (χ0n) is 6.95. The molecule has 0 amide bonds. The highest BCUT2D eigenvalue weighted by Crippen LogP contribution is 2.19. The molecule has 0 bridgehead atoms. The summed E-state index contributed by atoms with van der Waals surface area (Å²) in [5, 5.41) is 0. The molecule has 0 aromatic carbocycles. The highest BCUT2D eigenvalue weighted by Gasteiger charge is 2.14. The first-order chi connectivity index (χ1) is 4.42. The van der Waals surface area contributed by atoms with E-state index in [2.05, 4.69) is 29.5 Å². The summed E-state index contributed by atoms with van der Waals surface area (Å²) in [6.07, 6.45) is 2.84. The van der Waals surface area contributed by atoms with Crippen LogP contribution in [0.15, 0.2) is 0 Å². The van der Waals surface area contributed by atoms with Gasteiger partial charge in [-0.25, -0.2) is 4.39 Å². The Morgan fingerprint density at radius 3 is 2.30 bits per heavy atom. The molecule has 0 aliphatic heterocycles. The van der Waals surface area contributed by atoms with Crippen LogP contribution in [0, 0.1) is 0 Å². The van der Waals surface area contributed by atoms with Crippen molar-refractivity contribution in [3.8, 4) is 0 Å². The number of rotatable bonds is 4. The molecule has 0 saturated carbocycles. The molecule has 0 N–H and O–H groups in total. The Morgan fingerprint density at radius 1 is 1.50 bits per heavy atom. The van der Waals surface area contributed by atoms with E-state index in [1.54, 1.807) is 13.8 Å². The van der Waals surface area contributed by atoms with Crippen LogP contribution >= 0.6 is 22.6 Å². The van der Waals surface area contributed by atoms with Gasteiger partial charge < -0.3 is 0 Å². The van der Waals surface area contributed by atoms with E-state index in [1.807, 2.05) is 0 Å². The van der Waals surface area contributed by atoms with Crippen molar-refractivity contribution in [2.45, 2.75) is 49.6 Å². The highest BCUT2D eigenvalue weighted by molar-refractivity contribution is 14.1. The molecule has 0 nitrogen and oxygen atoms in total. The summed E-state index contributed by atoms with van der Waals surface area (Å²) in [5.74, 6) is 0. The third-order valence-electron chi connectivity index (χ3n) is 1.37. The van der Waals surface area contributed by atoms with Gasteiger partial charge in [-0.3, -0.25) is 0 Å². The largest absolute Gasteiger partial charge is 0.245 e. The minimum Gasteiger partial charge on any atom is -0.245 e. The van der Waals surface area contributed by atoms with Gasteiger partial charge in [-0.05, 0) is 33.1 Å². The summed E-state index contributed by atoms with van der Waals surface area (Å²) in [6.45, 7) is 5.45. The second kappa shape index (κ2) is 4.52. The van der Waals surface area contributed by atoms with Crippen LogP contribution in [0.1, 0.15) is 40.0 Å². The van der Waals surface area contributed by atoms with Crippen molar-refractivity contribution in [2.24, 2.45) is 0 Å². The van der Waals surface area contributed by atoms with Gasteiger partial charge in [0, 0.05) is 3.92 Å². The van der Waals surface area contributed by atoms with Gasteiger partial charge in [0.1, 0.15) is 5.67 Å². The van der Waals surface area contributed by atoms with Crippen molar-refractivity contribution in [3.63, 3.8) is 0 Å². The number of halogens is 2. The summed E-state index contributed by atoms with van der Waals surface area (Å²) in [7, 11) is 0. The first-order valence-corrected chi connectivity index (χ1v) is 4.99. The SMILES string of the molecule is CC(I)CCCC(C)(C)F. The van der Waals surface area contributed by atoms with E-state index in [9.17, 15) is 4.39 Å². The molecule has 0 aliphatic carbocycles. The van der Waals surface area contributed by atoms with Crippen molar-refractivity contribution >= 4 is 22.6 Å². The monoisotopic (exact) mass is 258 g/mol. The Labute approximate surface area is 76.7 Å². The molecule has 0 heterocycles. The molecular weight excluding hydrogens is 242 g/mol. The molecule has 0 aliphatic rings. The van der Waals surface area contributed by atoms with Crippen LogP contribution in [0.25, 0.3) is 0 Å². The van der Waals surface area contributed by atoms with E-state index in [4.69, 9.17) is 0 Å². The van der Waals surface area contributed by atoms with Crippen LogP contribution in [0.4, 0.5) is 4.39 Å². The van der Waals surface area contributed by atoms with E-state index in [0.29, 0.717) is 10.3 Å². The molecule has 0 spiro atoms. The van der Waals surface area contributed by atoms with Crippen LogP contribution in [0.2, 0.25) is 0 Å². The fourth-order valence-corrected chi connectivity index (χ4v) is 1.24. The molecule has 62 valence electrons. The molecule has 1 atom stereocenters. The minimum absolute atomic E-state index is 0.681. The number of hydrogen-bond acceptors (Lipinski definition) is 0. The second-order valence-electron chi connectivity index (χ2n) is 3.39. The maximum Gasteiger partial charge on any atom is 0.105 e. The summed E-state index contributed by atoms with van der Waals surface area (Å²) in [4.78, 5) is 0. The molecule has 0 rings (SSSR count). The molecule has 0 aromatic heterocycles. The van der Waals surface area contributed by atoms with Gasteiger partial charge in [-0.2, -0.15) is 0 Å². The smallest absolute Gasteiger partial charge is 0.105 e. The molecule has 10 heavy (non-hydrogen) atoms. The molecule has 2 heteroatoms. The van der Waals surface area contributed by atoms with E-state index < -0.39 is 5.67 Å². The lowest BCUT2D eigenvalue weighted by molar-refractivity contribution is 0.196. The fourth-order valence-electron chi connectivity index (χ4n) is 0.804. The molecule has 1 unspecified atom stereocenters. The third-order valence-corrected chi connectivity index (χ3v) is 2.00. The van der Waals surface area contributed by atoms with Crippen molar-refractivity contribution in [3.05, 3.63) is 0 Å². The standard InChI is InChI=1S/C8H16FI/c1-7(10)5-4-6-8(2,3)9/h7H,4-6H2,1-3H3. The second-order valence-corrected chi connectivity index (χ2v) is 5.52. The van der Waals surface area contributed by atoms with E-state index >= 15 is 0 Å². The average Bonchev–Trinajstić information content (AvgIpc) is 1.59. The van der Waals surface area contributed by atoms with Gasteiger partial charge >= 0.3 is 0 Å². The summed E-state index contributed by atoms with van der Waals surface area (Å²) in [6, 6.07) is 0. The quantitative estimate of drug-likeness (QED) is 0.532. The maximum absolute atomic E-state index is 12.8. The third kappa shape index (κ3) is 8.66. The zero-order valence-corrected chi connectivity index (χ0v) is 9.11. The Kier molecular flexibility index (Phi) is 4.82. The first kappa shape index (κ1) is 10.7. The predicted octanol–water partition coefficient (Wildman–Crippen LogP) is 3.73. The fraction of sp³-hybridized carbons (Fsp3) is 1.00. The minimum atomic E-state index is -0.967. The topological polar surface area (TPSA) is 0 Å². The lowest BCUT2D eigenvalue weighted by Crippen LogP contribution is -2.11. The van der Waals surface area contributed by atoms with Gasteiger partial charge in [-0.15, -0.1) is 0 Å². The number of hydrogen-bond donors (Lipinski definition) is 0. The van der Waals surface area contributed by atoms with E-state index in [1.165, 1.54) is 0 Å². The Balaban J connectivity index is 3.21. The highest BCUT2D eigenvalue weighted by atomic mass is 127. The Hall–Kier alpha value is 0.660. The van der Waals surface area contributed by atoms with Gasteiger partial charge in [0.2, 0.25) is 0 Å². The Bertz CT molecular complexity index is 83.7. The molecule has 0 fully saturated rings. The van der Waals surface area contributed by atoms with Crippen LogP contribution in [0.3, 0.4) is 0 Å².